The lowest BCUT2D eigenvalue weighted by Gasteiger charge is -2.33. The summed E-state index contributed by atoms with van der Waals surface area (Å²) in [6, 6.07) is 7.38. The molecule has 1 aliphatic rings. The molecule has 1 amide bonds. The van der Waals surface area contributed by atoms with E-state index in [9.17, 15) is 4.79 Å². The van der Waals surface area contributed by atoms with Gasteiger partial charge in [-0.25, -0.2) is 4.98 Å². The van der Waals surface area contributed by atoms with Gasteiger partial charge in [-0.3, -0.25) is 4.79 Å². The topological polar surface area (TPSA) is 50.6 Å². The van der Waals surface area contributed by atoms with Crippen LogP contribution >= 0.6 is 0 Å². The molecule has 0 N–H and O–H groups in total. The third kappa shape index (κ3) is 4.25. The van der Waals surface area contributed by atoms with Gasteiger partial charge in [-0.05, 0) is 45.1 Å². The first-order valence-corrected chi connectivity index (χ1v) is 9.17. The Morgan fingerprint density at radius 3 is 3.00 bits per heavy atom. The molecule has 1 aliphatic heterocycles. The van der Waals surface area contributed by atoms with Crippen LogP contribution in [0.15, 0.2) is 36.7 Å². The fourth-order valence-electron chi connectivity index (χ4n) is 3.49. The van der Waals surface area contributed by atoms with Crippen molar-refractivity contribution in [2.75, 3.05) is 40.8 Å². The Labute approximate surface area is 155 Å². The molecular weight excluding hydrogens is 328 g/mol. The van der Waals surface area contributed by atoms with Crippen LogP contribution in [0.25, 0.3) is 0 Å². The minimum atomic E-state index is 0.0694. The van der Waals surface area contributed by atoms with E-state index in [4.69, 9.17) is 4.74 Å². The summed E-state index contributed by atoms with van der Waals surface area (Å²) < 4.78 is 7.47. The summed E-state index contributed by atoms with van der Waals surface area (Å²) >= 11 is 0. The van der Waals surface area contributed by atoms with Crippen LogP contribution in [-0.4, -0.2) is 66.1 Å². The molecule has 1 aromatic carbocycles. The van der Waals surface area contributed by atoms with Gasteiger partial charge in [-0.2, -0.15) is 0 Å². The van der Waals surface area contributed by atoms with Crippen molar-refractivity contribution in [2.24, 2.45) is 0 Å². The highest BCUT2D eigenvalue weighted by molar-refractivity contribution is 5.94. The monoisotopic (exact) mass is 356 g/mol. The van der Waals surface area contributed by atoms with E-state index in [-0.39, 0.29) is 11.8 Å². The van der Waals surface area contributed by atoms with Crippen molar-refractivity contribution in [1.29, 1.82) is 0 Å². The van der Waals surface area contributed by atoms with Crippen molar-refractivity contribution in [3.63, 3.8) is 0 Å². The van der Waals surface area contributed by atoms with Gasteiger partial charge in [0.15, 0.2) is 0 Å². The second-order valence-corrected chi connectivity index (χ2v) is 7.10. The Morgan fingerprint density at radius 1 is 1.38 bits per heavy atom. The molecule has 0 aliphatic carbocycles. The Morgan fingerprint density at radius 2 is 2.23 bits per heavy atom. The van der Waals surface area contributed by atoms with Crippen LogP contribution in [0.1, 0.15) is 34.9 Å². The molecule has 2 heterocycles. The van der Waals surface area contributed by atoms with Crippen LogP contribution in [0.2, 0.25) is 0 Å². The molecule has 1 atom stereocenters. The van der Waals surface area contributed by atoms with Crippen LogP contribution in [0, 0.1) is 0 Å². The van der Waals surface area contributed by atoms with Gasteiger partial charge in [0.25, 0.3) is 5.91 Å². The summed E-state index contributed by atoms with van der Waals surface area (Å²) in [7, 11) is 5.77. The Bertz CT molecular complexity index is 741. The maximum atomic E-state index is 12.9. The molecule has 2 aromatic rings. The lowest BCUT2D eigenvalue weighted by molar-refractivity contribution is 0.0703. The predicted molar refractivity (Wildman–Crippen MR) is 102 cm³/mol. The van der Waals surface area contributed by atoms with Gasteiger partial charge < -0.3 is 19.1 Å². The molecular formula is C20H28N4O2. The van der Waals surface area contributed by atoms with Crippen LogP contribution < -0.4 is 4.74 Å². The Hall–Kier alpha value is -2.34. The molecule has 1 fully saturated rings. The lowest BCUT2D eigenvalue weighted by atomic mass is 9.96. The van der Waals surface area contributed by atoms with Crippen molar-refractivity contribution in [3.8, 4) is 5.75 Å². The lowest BCUT2D eigenvalue weighted by Crippen LogP contribution is -2.39. The number of carbonyl (C=O) groups is 1. The van der Waals surface area contributed by atoms with Gasteiger partial charge in [0.05, 0.1) is 7.11 Å². The Balaban J connectivity index is 1.71. The van der Waals surface area contributed by atoms with Crippen molar-refractivity contribution in [2.45, 2.75) is 25.3 Å². The molecule has 1 saturated heterocycles. The first-order valence-electron chi connectivity index (χ1n) is 9.17. The van der Waals surface area contributed by atoms with Gasteiger partial charge in [-0.1, -0.05) is 6.07 Å². The maximum Gasteiger partial charge on any atom is 0.254 e. The van der Waals surface area contributed by atoms with Gasteiger partial charge in [0.2, 0.25) is 0 Å². The third-order valence-electron chi connectivity index (χ3n) is 4.93. The molecule has 0 unspecified atom stereocenters. The first-order chi connectivity index (χ1) is 12.6. The van der Waals surface area contributed by atoms with Crippen LogP contribution in [-0.2, 0) is 6.54 Å². The molecule has 6 nitrogen and oxygen atoms in total. The maximum absolute atomic E-state index is 12.9. The summed E-state index contributed by atoms with van der Waals surface area (Å²) in [4.78, 5) is 21.6. The number of hydrogen-bond acceptors (Lipinski definition) is 4. The normalized spacial score (nSPS) is 17.5. The molecule has 6 heteroatoms. The number of aromatic nitrogens is 2. The predicted octanol–water partition coefficient (Wildman–Crippen LogP) is 2.47. The zero-order valence-corrected chi connectivity index (χ0v) is 15.9. The van der Waals surface area contributed by atoms with Gasteiger partial charge in [0.1, 0.15) is 11.6 Å². The van der Waals surface area contributed by atoms with Gasteiger partial charge in [-0.15, -0.1) is 0 Å². The second-order valence-electron chi connectivity index (χ2n) is 7.10. The number of likely N-dealkylation sites (N-methyl/N-ethyl adjacent to an activating group) is 1. The van der Waals surface area contributed by atoms with Crippen LogP contribution in [0.5, 0.6) is 5.75 Å². The largest absolute Gasteiger partial charge is 0.497 e. The molecule has 1 aromatic heterocycles. The van der Waals surface area contributed by atoms with Gasteiger partial charge in [0, 0.05) is 50.1 Å². The number of benzene rings is 1. The minimum absolute atomic E-state index is 0.0694. The number of piperidine rings is 1. The Kier molecular flexibility index (Phi) is 5.93. The molecule has 0 bridgehead atoms. The number of methoxy groups -OCH3 is 1. The number of likely N-dealkylation sites (tertiary alicyclic amines) is 1. The number of nitrogens with zero attached hydrogens (tertiary/aromatic N) is 4. The summed E-state index contributed by atoms with van der Waals surface area (Å²) in [5, 5.41) is 0. The zero-order valence-electron chi connectivity index (χ0n) is 15.9. The summed E-state index contributed by atoms with van der Waals surface area (Å²) in [6.45, 7) is 3.41. The quantitative estimate of drug-likeness (QED) is 0.798. The number of imidazole rings is 1. The minimum Gasteiger partial charge on any atom is -0.497 e. The molecule has 0 radical (unpaired) electrons. The number of hydrogen-bond donors (Lipinski definition) is 0. The third-order valence-corrected chi connectivity index (χ3v) is 4.93. The van der Waals surface area contributed by atoms with Gasteiger partial charge >= 0.3 is 0 Å². The highest BCUT2D eigenvalue weighted by Crippen LogP contribution is 2.27. The van der Waals surface area contributed by atoms with E-state index in [1.54, 1.807) is 7.11 Å². The molecule has 140 valence electrons. The summed E-state index contributed by atoms with van der Waals surface area (Å²) in [6.07, 6.45) is 5.98. The van der Waals surface area contributed by atoms with E-state index >= 15 is 0 Å². The van der Waals surface area contributed by atoms with E-state index in [1.807, 2.05) is 41.6 Å². The number of ether oxygens (including phenoxy) is 1. The van der Waals surface area contributed by atoms with Crippen LogP contribution in [0.3, 0.4) is 0 Å². The van der Waals surface area contributed by atoms with Crippen LogP contribution in [0.4, 0.5) is 0 Å². The van der Waals surface area contributed by atoms with Crippen molar-refractivity contribution in [3.05, 3.63) is 48.0 Å². The van der Waals surface area contributed by atoms with E-state index < -0.39 is 0 Å². The standard InChI is InChI=1S/C20H28N4O2/c1-22(2)12-13-23-11-9-21-19(23)17-7-5-10-24(15-17)20(25)16-6-4-8-18(14-16)26-3/h4,6,8-9,11,14,17H,5,7,10,12-13,15H2,1-3H3/t17-/m0/s1. The first kappa shape index (κ1) is 18.5. The number of carbonyl (C=O) groups excluding carboxylic acids is 1. The fraction of sp³-hybridized carbons (Fsp3) is 0.500. The number of rotatable bonds is 6. The van der Waals surface area contributed by atoms with E-state index in [2.05, 4.69) is 28.5 Å². The van der Waals surface area contributed by atoms with E-state index in [1.165, 1.54) is 0 Å². The number of amides is 1. The smallest absolute Gasteiger partial charge is 0.254 e. The zero-order chi connectivity index (χ0) is 18.5. The van der Waals surface area contributed by atoms with E-state index in [0.29, 0.717) is 11.3 Å². The molecule has 3 rings (SSSR count). The SMILES string of the molecule is COc1cccc(C(=O)N2CCC[C@H](c3nccn3CCN(C)C)C2)c1. The van der Waals surface area contributed by atoms with Crippen molar-refractivity contribution in [1.82, 2.24) is 19.4 Å². The van der Waals surface area contributed by atoms with Crippen molar-refractivity contribution < 1.29 is 9.53 Å². The summed E-state index contributed by atoms with van der Waals surface area (Å²) in [5.74, 6) is 2.16. The highest BCUT2D eigenvalue weighted by Gasteiger charge is 2.28. The highest BCUT2D eigenvalue weighted by atomic mass is 16.5. The summed E-state index contributed by atoms with van der Waals surface area (Å²) in [5.41, 5.74) is 0.681. The molecule has 26 heavy (non-hydrogen) atoms. The fourth-order valence-corrected chi connectivity index (χ4v) is 3.49. The molecule has 0 spiro atoms. The van der Waals surface area contributed by atoms with Crippen molar-refractivity contribution >= 4 is 5.91 Å². The van der Waals surface area contributed by atoms with E-state index in [0.717, 1.165) is 44.8 Å². The molecule has 0 saturated carbocycles. The second kappa shape index (κ2) is 8.36. The average molecular weight is 356 g/mol. The average Bonchev–Trinajstić information content (AvgIpc) is 3.14.